The Balaban J connectivity index is 1.59. The standard InChI is InChI=1S/C18H16FN3O2S/c1-11-6-12(2)8-15(7-11)20-16(23)10-25-18-22-21-17(24-18)13-4-3-5-14(19)9-13/h3-9H,10H2,1-2H3,(H,20,23). The van der Waals surface area contributed by atoms with Crippen LogP contribution in [0.2, 0.25) is 0 Å². The lowest BCUT2D eigenvalue weighted by Gasteiger charge is -2.06. The Kier molecular flexibility index (Phi) is 5.14. The number of hydrogen-bond donors (Lipinski definition) is 1. The van der Waals surface area contributed by atoms with Gasteiger partial charge in [0.25, 0.3) is 5.22 Å². The molecular weight excluding hydrogens is 341 g/mol. The Hall–Kier alpha value is -2.67. The number of nitrogens with one attached hydrogen (secondary N) is 1. The van der Waals surface area contributed by atoms with E-state index in [4.69, 9.17) is 4.42 Å². The van der Waals surface area contributed by atoms with Gasteiger partial charge in [-0.05, 0) is 55.3 Å². The van der Waals surface area contributed by atoms with Crippen LogP contribution in [-0.4, -0.2) is 21.9 Å². The second-order valence-corrected chi connectivity index (χ2v) is 6.52. The molecule has 3 aromatic rings. The highest BCUT2D eigenvalue weighted by atomic mass is 32.2. The number of hydrogen-bond acceptors (Lipinski definition) is 5. The molecule has 0 unspecified atom stereocenters. The van der Waals surface area contributed by atoms with Gasteiger partial charge in [-0.15, -0.1) is 10.2 Å². The summed E-state index contributed by atoms with van der Waals surface area (Å²) < 4.78 is 18.7. The molecule has 0 fully saturated rings. The molecule has 0 saturated heterocycles. The van der Waals surface area contributed by atoms with Crippen molar-refractivity contribution in [2.45, 2.75) is 19.1 Å². The predicted octanol–water partition coefficient (Wildman–Crippen LogP) is 4.22. The Bertz CT molecular complexity index is 891. The quantitative estimate of drug-likeness (QED) is 0.692. The highest BCUT2D eigenvalue weighted by Crippen LogP contribution is 2.24. The van der Waals surface area contributed by atoms with Crippen LogP contribution in [-0.2, 0) is 4.79 Å². The number of anilines is 1. The first-order valence-corrected chi connectivity index (χ1v) is 8.58. The lowest BCUT2D eigenvalue weighted by molar-refractivity contribution is -0.113. The first kappa shape index (κ1) is 17.2. The SMILES string of the molecule is Cc1cc(C)cc(NC(=O)CSc2nnc(-c3cccc(F)c3)o2)c1. The molecule has 0 atom stereocenters. The molecule has 25 heavy (non-hydrogen) atoms. The Morgan fingerprint density at radius 3 is 2.64 bits per heavy atom. The van der Waals surface area contributed by atoms with Crippen molar-refractivity contribution in [2.75, 3.05) is 11.1 Å². The number of amides is 1. The fraction of sp³-hybridized carbons (Fsp3) is 0.167. The smallest absolute Gasteiger partial charge is 0.277 e. The molecule has 0 radical (unpaired) electrons. The molecule has 0 aliphatic carbocycles. The first-order valence-electron chi connectivity index (χ1n) is 7.60. The molecule has 0 saturated carbocycles. The van der Waals surface area contributed by atoms with E-state index in [2.05, 4.69) is 15.5 Å². The van der Waals surface area contributed by atoms with Gasteiger partial charge in [0.05, 0.1) is 5.75 Å². The number of carbonyl (C=O) groups excluding carboxylic acids is 1. The van der Waals surface area contributed by atoms with Crippen molar-refractivity contribution in [3.8, 4) is 11.5 Å². The first-order chi connectivity index (χ1) is 12.0. The van der Waals surface area contributed by atoms with Crippen LogP contribution in [0.3, 0.4) is 0 Å². The van der Waals surface area contributed by atoms with Crippen molar-refractivity contribution in [3.63, 3.8) is 0 Å². The second kappa shape index (κ2) is 7.48. The van der Waals surface area contributed by atoms with Gasteiger partial charge in [-0.25, -0.2) is 4.39 Å². The largest absolute Gasteiger partial charge is 0.411 e. The Morgan fingerprint density at radius 2 is 1.92 bits per heavy atom. The van der Waals surface area contributed by atoms with Crippen molar-refractivity contribution in [1.29, 1.82) is 0 Å². The highest BCUT2D eigenvalue weighted by molar-refractivity contribution is 7.99. The topological polar surface area (TPSA) is 68.0 Å². The minimum Gasteiger partial charge on any atom is -0.411 e. The molecule has 0 aliphatic rings. The van der Waals surface area contributed by atoms with Crippen LogP contribution in [0.5, 0.6) is 0 Å². The van der Waals surface area contributed by atoms with Crippen molar-refractivity contribution >= 4 is 23.4 Å². The van der Waals surface area contributed by atoms with E-state index < -0.39 is 0 Å². The number of aromatic nitrogens is 2. The number of carbonyl (C=O) groups is 1. The summed E-state index contributed by atoms with van der Waals surface area (Å²) in [4.78, 5) is 12.1. The molecule has 128 valence electrons. The monoisotopic (exact) mass is 357 g/mol. The Labute approximate surface area is 148 Å². The van der Waals surface area contributed by atoms with Crippen LogP contribution < -0.4 is 5.32 Å². The molecule has 1 heterocycles. The van der Waals surface area contributed by atoms with Gasteiger partial charge in [0.2, 0.25) is 11.8 Å². The lowest BCUT2D eigenvalue weighted by atomic mass is 10.1. The number of benzene rings is 2. The molecule has 0 spiro atoms. The molecule has 2 aromatic carbocycles. The molecule has 1 amide bonds. The molecule has 1 aromatic heterocycles. The summed E-state index contributed by atoms with van der Waals surface area (Å²) in [6.07, 6.45) is 0. The maximum atomic E-state index is 13.2. The van der Waals surface area contributed by atoms with E-state index in [1.54, 1.807) is 12.1 Å². The van der Waals surface area contributed by atoms with Crippen LogP contribution in [0.4, 0.5) is 10.1 Å². The summed E-state index contributed by atoms with van der Waals surface area (Å²) in [5, 5.41) is 10.8. The van der Waals surface area contributed by atoms with E-state index in [1.165, 1.54) is 12.1 Å². The molecular formula is C18H16FN3O2S. The number of nitrogens with zero attached hydrogens (tertiary/aromatic N) is 2. The van der Waals surface area contributed by atoms with Gasteiger partial charge in [-0.2, -0.15) is 0 Å². The average molecular weight is 357 g/mol. The fourth-order valence-electron chi connectivity index (χ4n) is 2.38. The van der Waals surface area contributed by atoms with Crippen LogP contribution in [0.25, 0.3) is 11.5 Å². The summed E-state index contributed by atoms with van der Waals surface area (Å²) in [6, 6.07) is 11.8. The third-order valence-corrected chi connectivity index (χ3v) is 4.13. The summed E-state index contributed by atoms with van der Waals surface area (Å²) >= 11 is 1.13. The number of thioether (sulfide) groups is 1. The van der Waals surface area contributed by atoms with E-state index in [9.17, 15) is 9.18 Å². The van der Waals surface area contributed by atoms with Crippen LogP contribution in [0.1, 0.15) is 11.1 Å². The zero-order chi connectivity index (χ0) is 17.8. The lowest BCUT2D eigenvalue weighted by Crippen LogP contribution is -2.14. The fourth-order valence-corrected chi connectivity index (χ4v) is 2.94. The zero-order valence-electron chi connectivity index (χ0n) is 13.7. The van der Waals surface area contributed by atoms with Crippen LogP contribution >= 0.6 is 11.8 Å². The van der Waals surface area contributed by atoms with Gasteiger partial charge in [-0.3, -0.25) is 4.79 Å². The van der Waals surface area contributed by atoms with Crippen molar-refractivity contribution in [3.05, 3.63) is 59.4 Å². The van der Waals surface area contributed by atoms with Crippen LogP contribution in [0.15, 0.2) is 52.1 Å². The normalized spacial score (nSPS) is 10.7. The minimum absolute atomic E-state index is 0.137. The van der Waals surface area contributed by atoms with E-state index >= 15 is 0 Å². The molecule has 0 bridgehead atoms. The zero-order valence-corrected chi connectivity index (χ0v) is 14.6. The predicted molar refractivity (Wildman–Crippen MR) is 95.0 cm³/mol. The number of aryl methyl sites for hydroxylation is 2. The molecule has 1 N–H and O–H groups in total. The van der Waals surface area contributed by atoms with Crippen molar-refractivity contribution in [2.24, 2.45) is 0 Å². The van der Waals surface area contributed by atoms with E-state index in [1.807, 2.05) is 32.0 Å². The molecule has 7 heteroatoms. The number of rotatable bonds is 5. The minimum atomic E-state index is -0.377. The second-order valence-electron chi connectivity index (χ2n) is 5.60. The summed E-state index contributed by atoms with van der Waals surface area (Å²) in [5.74, 6) is -0.187. The summed E-state index contributed by atoms with van der Waals surface area (Å²) in [5.41, 5.74) is 3.42. The van der Waals surface area contributed by atoms with Gasteiger partial charge in [0, 0.05) is 11.3 Å². The molecule has 0 aliphatic heterocycles. The van der Waals surface area contributed by atoms with Crippen molar-refractivity contribution < 1.29 is 13.6 Å². The Morgan fingerprint density at radius 1 is 1.16 bits per heavy atom. The summed E-state index contributed by atoms with van der Waals surface area (Å²) in [6.45, 7) is 3.95. The maximum absolute atomic E-state index is 13.2. The van der Waals surface area contributed by atoms with E-state index in [0.717, 1.165) is 28.6 Å². The van der Waals surface area contributed by atoms with E-state index in [0.29, 0.717) is 5.56 Å². The molecule has 5 nitrogen and oxygen atoms in total. The maximum Gasteiger partial charge on any atom is 0.277 e. The molecule has 3 rings (SSSR count). The van der Waals surface area contributed by atoms with E-state index in [-0.39, 0.29) is 28.6 Å². The van der Waals surface area contributed by atoms with Crippen LogP contribution in [0, 0.1) is 19.7 Å². The third kappa shape index (κ3) is 4.67. The highest BCUT2D eigenvalue weighted by Gasteiger charge is 2.12. The average Bonchev–Trinajstić information content (AvgIpc) is 3.01. The third-order valence-electron chi connectivity index (χ3n) is 3.31. The van der Waals surface area contributed by atoms with Gasteiger partial charge in [0.1, 0.15) is 5.82 Å². The van der Waals surface area contributed by atoms with Gasteiger partial charge in [-0.1, -0.05) is 23.9 Å². The number of halogens is 1. The van der Waals surface area contributed by atoms with Crippen molar-refractivity contribution in [1.82, 2.24) is 10.2 Å². The van der Waals surface area contributed by atoms with Gasteiger partial charge in [0.15, 0.2) is 0 Å². The summed E-state index contributed by atoms with van der Waals surface area (Å²) in [7, 11) is 0. The van der Waals surface area contributed by atoms with Gasteiger partial charge >= 0.3 is 0 Å². The van der Waals surface area contributed by atoms with Gasteiger partial charge < -0.3 is 9.73 Å².